The fourth-order valence-electron chi connectivity index (χ4n) is 2.49. The number of Topliss-reactive ketones (excluding diaryl/α,β-unsaturated/α-hetero) is 1. The van der Waals surface area contributed by atoms with E-state index in [1.807, 2.05) is 0 Å². The molecule has 24 heavy (non-hydrogen) atoms. The average Bonchev–Trinajstić information content (AvgIpc) is 2.54. The fraction of sp³-hybridized carbons (Fsp3) is 0.176. The van der Waals surface area contributed by atoms with E-state index in [1.165, 1.54) is 0 Å². The molecule has 0 aliphatic heterocycles. The Labute approximate surface area is 147 Å². The predicted molar refractivity (Wildman–Crippen MR) is 92.2 cm³/mol. The first-order valence-electron chi connectivity index (χ1n) is 7.09. The predicted octanol–water partition coefficient (Wildman–Crippen LogP) is 2.07. The molecule has 7 heteroatoms. The highest BCUT2D eigenvalue weighted by molar-refractivity contribution is 9.10. The summed E-state index contributed by atoms with van der Waals surface area (Å²) in [5.41, 5.74) is 5.13. The van der Waals surface area contributed by atoms with Gasteiger partial charge >= 0.3 is 5.91 Å². The third-order valence-electron chi connectivity index (χ3n) is 3.67. The van der Waals surface area contributed by atoms with Crippen molar-refractivity contribution in [3.8, 4) is 0 Å². The summed E-state index contributed by atoms with van der Waals surface area (Å²) >= 11 is 3.35. The summed E-state index contributed by atoms with van der Waals surface area (Å²) in [6.07, 6.45) is -0.562. The Hall–Kier alpha value is -2.22. The second-order valence-electron chi connectivity index (χ2n) is 5.36. The molecule has 0 heterocycles. The lowest BCUT2D eigenvalue weighted by Crippen LogP contribution is -2.38. The molecule has 0 aliphatic carbocycles. The van der Waals surface area contributed by atoms with Crippen molar-refractivity contribution in [1.82, 2.24) is 5.06 Å². The van der Waals surface area contributed by atoms with Gasteiger partial charge in [0.15, 0.2) is 0 Å². The summed E-state index contributed by atoms with van der Waals surface area (Å²) in [5.74, 6) is -2.06. The summed E-state index contributed by atoms with van der Waals surface area (Å²) in [7, 11) is 1.05. The molecular formula is C17H17BrN2O4. The van der Waals surface area contributed by atoms with Gasteiger partial charge in [-0.25, -0.2) is 5.06 Å². The first-order chi connectivity index (χ1) is 11.3. The number of rotatable bonds is 5. The highest BCUT2D eigenvalue weighted by atomic mass is 79.9. The van der Waals surface area contributed by atoms with E-state index in [2.05, 4.69) is 15.9 Å². The third-order valence-corrected chi connectivity index (χ3v) is 4.37. The van der Waals surface area contributed by atoms with Crippen molar-refractivity contribution < 1.29 is 19.9 Å². The lowest BCUT2D eigenvalue weighted by atomic mass is 9.81. The number of carbonyl (C=O) groups is 2. The van der Waals surface area contributed by atoms with Crippen molar-refractivity contribution in [2.75, 3.05) is 12.8 Å². The second-order valence-corrected chi connectivity index (χ2v) is 6.21. The number of amides is 1. The molecule has 6 nitrogen and oxygen atoms in total. The van der Waals surface area contributed by atoms with E-state index in [9.17, 15) is 19.9 Å². The number of nitrogens with two attached hydrogens (primary N) is 1. The molecule has 0 spiro atoms. The maximum atomic E-state index is 12.2. The number of likely N-dealkylation sites (N-methyl/N-ethyl adjacent to an activating group) is 1. The van der Waals surface area contributed by atoms with Gasteiger partial charge in [0.1, 0.15) is 5.60 Å². The molecule has 2 aromatic carbocycles. The van der Waals surface area contributed by atoms with Gasteiger partial charge in [0.05, 0.1) is 6.42 Å². The Morgan fingerprint density at radius 2 is 1.67 bits per heavy atom. The first-order valence-corrected chi connectivity index (χ1v) is 7.89. The number of para-hydroxylation sites is 1. The van der Waals surface area contributed by atoms with Gasteiger partial charge in [0, 0.05) is 28.3 Å². The molecular weight excluding hydrogens is 376 g/mol. The van der Waals surface area contributed by atoms with Crippen LogP contribution in [0.2, 0.25) is 0 Å². The van der Waals surface area contributed by atoms with E-state index < -0.39 is 23.7 Å². The minimum atomic E-state index is -1.83. The molecule has 0 aromatic heterocycles. The van der Waals surface area contributed by atoms with Gasteiger partial charge in [-0.05, 0) is 12.1 Å². The van der Waals surface area contributed by atoms with Crippen LogP contribution in [0.25, 0.3) is 0 Å². The molecule has 1 atom stereocenters. The van der Waals surface area contributed by atoms with E-state index in [4.69, 9.17) is 5.73 Å². The zero-order chi connectivity index (χ0) is 17.9. The number of hydrogen-bond acceptors (Lipinski definition) is 5. The maximum Gasteiger partial charge on any atom is 0.313 e. The lowest BCUT2D eigenvalue weighted by molar-refractivity contribution is -0.166. The molecule has 0 fully saturated rings. The average molecular weight is 393 g/mol. The zero-order valence-corrected chi connectivity index (χ0v) is 14.5. The van der Waals surface area contributed by atoms with Crippen LogP contribution in [0, 0.1) is 0 Å². The SMILES string of the molecule is CN(O)C(=O)C(=O)CC(O)(c1ccccc1N)c1ccccc1Br. The van der Waals surface area contributed by atoms with Crippen molar-refractivity contribution in [2.24, 2.45) is 0 Å². The van der Waals surface area contributed by atoms with Crippen molar-refractivity contribution in [3.63, 3.8) is 0 Å². The summed E-state index contributed by atoms with van der Waals surface area (Å²) in [5, 5.41) is 20.7. The Balaban J connectivity index is 2.59. The first kappa shape index (κ1) is 18.1. The molecule has 1 amide bonds. The number of hydrogen-bond donors (Lipinski definition) is 3. The summed E-state index contributed by atoms with van der Waals surface area (Å²) in [6.45, 7) is 0. The van der Waals surface area contributed by atoms with Gasteiger partial charge in [0.25, 0.3) is 0 Å². The van der Waals surface area contributed by atoms with Gasteiger partial charge < -0.3 is 10.8 Å². The summed E-state index contributed by atoms with van der Waals surface area (Å²) in [6, 6.07) is 13.4. The molecule has 126 valence electrons. The Morgan fingerprint density at radius 1 is 1.12 bits per heavy atom. The zero-order valence-electron chi connectivity index (χ0n) is 12.9. The van der Waals surface area contributed by atoms with Crippen molar-refractivity contribution in [1.29, 1.82) is 0 Å². The summed E-state index contributed by atoms with van der Waals surface area (Å²) in [4.78, 5) is 23.9. The van der Waals surface area contributed by atoms with Crippen LogP contribution < -0.4 is 5.73 Å². The number of benzene rings is 2. The van der Waals surface area contributed by atoms with Crippen LogP contribution in [0.5, 0.6) is 0 Å². The lowest BCUT2D eigenvalue weighted by Gasteiger charge is -2.30. The van der Waals surface area contributed by atoms with E-state index in [1.54, 1.807) is 48.5 Å². The van der Waals surface area contributed by atoms with Crippen LogP contribution in [0.15, 0.2) is 53.0 Å². The Kier molecular flexibility index (Phi) is 5.38. The topological polar surface area (TPSA) is 104 Å². The van der Waals surface area contributed by atoms with E-state index in [0.717, 1.165) is 7.05 Å². The van der Waals surface area contributed by atoms with Crippen molar-refractivity contribution in [3.05, 3.63) is 64.1 Å². The third kappa shape index (κ3) is 3.48. The molecule has 0 bridgehead atoms. The smallest absolute Gasteiger partial charge is 0.313 e. The number of hydroxylamine groups is 2. The number of anilines is 1. The van der Waals surface area contributed by atoms with Crippen LogP contribution in [0.3, 0.4) is 0 Å². The second kappa shape index (κ2) is 7.12. The number of aliphatic hydroxyl groups is 1. The standard InChI is InChI=1S/C17H17BrN2O4/c1-20(24)16(22)15(21)10-17(23,11-6-2-4-8-13(11)18)12-7-3-5-9-14(12)19/h2-9,23-24H,10,19H2,1H3. The van der Waals surface area contributed by atoms with Crippen LogP contribution in [-0.4, -0.2) is 34.1 Å². The van der Waals surface area contributed by atoms with Crippen LogP contribution in [0.4, 0.5) is 5.69 Å². The maximum absolute atomic E-state index is 12.2. The minimum Gasteiger partial charge on any atom is -0.398 e. The van der Waals surface area contributed by atoms with Gasteiger partial charge in [0.2, 0.25) is 5.78 Å². The molecule has 0 aliphatic rings. The van der Waals surface area contributed by atoms with Gasteiger partial charge in [-0.2, -0.15) is 0 Å². The fourth-order valence-corrected chi connectivity index (χ4v) is 3.11. The summed E-state index contributed by atoms with van der Waals surface area (Å²) < 4.78 is 0.563. The number of nitrogen functional groups attached to an aromatic ring is 1. The molecule has 2 rings (SSSR count). The number of halogens is 1. The number of carbonyl (C=O) groups excluding carboxylic acids is 2. The number of nitrogens with zero attached hydrogens (tertiary/aromatic N) is 1. The van der Waals surface area contributed by atoms with Crippen LogP contribution in [-0.2, 0) is 15.2 Å². The van der Waals surface area contributed by atoms with Crippen LogP contribution in [0.1, 0.15) is 17.5 Å². The molecule has 0 saturated heterocycles. The molecule has 4 N–H and O–H groups in total. The Morgan fingerprint density at radius 3 is 2.21 bits per heavy atom. The van der Waals surface area contributed by atoms with E-state index in [-0.39, 0.29) is 10.8 Å². The van der Waals surface area contributed by atoms with Gasteiger partial charge in [-0.1, -0.05) is 52.3 Å². The van der Waals surface area contributed by atoms with Crippen molar-refractivity contribution >= 4 is 33.3 Å². The minimum absolute atomic E-state index is 0.192. The van der Waals surface area contributed by atoms with E-state index >= 15 is 0 Å². The molecule has 2 aromatic rings. The molecule has 0 saturated carbocycles. The van der Waals surface area contributed by atoms with Gasteiger partial charge in [-0.15, -0.1) is 0 Å². The van der Waals surface area contributed by atoms with Gasteiger partial charge in [-0.3, -0.25) is 14.8 Å². The number of ketones is 1. The quantitative estimate of drug-likeness (QED) is 0.312. The normalized spacial score (nSPS) is 13.2. The molecule has 0 radical (unpaired) electrons. The molecule has 1 unspecified atom stereocenters. The monoisotopic (exact) mass is 392 g/mol. The van der Waals surface area contributed by atoms with E-state index in [0.29, 0.717) is 15.6 Å². The van der Waals surface area contributed by atoms with Crippen molar-refractivity contribution in [2.45, 2.75) is 12.0 Å². The largest absolute Gasteiger partial charge is 0.398 e. The highest BCUT2D eigenvalue weighted by Crippen LogP contribution is 2.39. The van der Waals surface area contributed by atoms with Crippen LogP contribution >= 0.6 is 15.9 Å². The highest BCUT2D eigenvalue weighted by Gasteiger charge is 2.39. The Bertz CT molecular complexity index is 731.